The molecule has 5 nitrogen and oxygen atoms in total. The lowest BCUT2D eigenvalue weighted by Crippen LogP contribution is -1.96. The third-order valence-corrected chi connectivity index (χ3v) is 2.63. The molecule has 3 N–H and O–H groups in total. The number of hydrogen-bond donors (Lipinski definition) is 2. The lowest BCUT2D eigenvalue weighted by molar-refractivity contribution is 0.469. The summed E-state index contributed by atoms with van der Waals surface area (Å²) in [6, 6.07) is 7.06. The molecule has 1 heterocycles. The summed E-state index contributed by atoms with van der Waals surface area (Å²) in [5.41, 5.74) is 8.04. The van der Waals surface area contributed by atoms with Crippen molar-refractivity contribution in [2.45, 2.75) is 6.92 Å². The number of phenolic OH excluding ortho intramolecular Hbond substituents is 1. The third kappa shape index (κ3) is 1.81. The molecule has 17 heavy (non-hydrogen) atoms. The Bertz CT molecular complexity index is 603. The lowest BCUT2D eigenvalue weighted by atomic mass is 10.0. The van der Waals surface area contributed by atoms with Crippen LogP contribution in [0.25, 0.3) is 11.3 Å². The highest BCUT2D eigenvalue weighted by Crippen LogP contribution is 2.29. The molecule has 0 saturated carbocycles. The Labute approximate surface area is 98.7 Å². The normalized spacial score (nSPS) is 10.2. The van der Waals surface area contributed by atoms with Crippen molar-refractivity contribution in [3.05, 3.63) is 29.3 Å². The van der Waals surface area contributed by atoms with Crippen molar-refractivity contribution >= 4 is 5.82 Å². The molecule has 0 saturated heterocycles. The topological polar surface area (TPSA) is 87.9 Å². The highest BCUT2D eigenvalue weighted by Gasteiger charge is 2.10. The predicted octanol–water partition coefficient (Wildman–Crippen LogP) is 1.55. The number of aryl methyl sites for hydroxylation is 2. The van der Waals surface area contributed by atoms with E-state index >= 15 is 0 Å². The highest BCUT2D eigenvalue weighted by atomic mass is 16.3. The van der Waals surface area contributed by atoms with Crippen molar-refractivity contribution < 1.29 is 5.11 Å². The summed E-state index contributed by atoms with van der Waals surface area (Å²) in [6.07, 6.45) is 0. The number of aromatic nitrogens is 2. The fraction of sp³-hybridized carbons (Fsp3) is 0.167. The van der Waals surface area contributed by atoms with Gasteiger partial charge in [-0.3, -0.25) is 4.68 Å². The molecule has 1 aromatic heterocycles. The monoisotopic (exact) mass is 228 g/mol. The maximum absolute atomic E-state index is 9.66. The van der Waals surface area contributed by atoms with E-state index in [-0.39, 0.29) is 11.3 Å². The SMILES string of the molecule is Cc1cc(-c2cc(N)n(C)n2)cc(C#N)c1O. The maximum Gasteiger partial charge on any atom is 0.136 e. The molecular weight excluding hydrogens is 216 g/mol. The molecule has 0 aliphatic carbocycles. The molecule has 0 aliphatic heterocycles. The van der Waals surface area contributed by atoms with Gasteiger partial charge in [-0.05, 0) is 24.6 Å². The fourth-order valence-corrected chi connectivity index (χ4v) is 1.64. The molecule has 0 spiro atoms. The van der Waals surface area contributed by atoms with Crippen LogP contribution >= 0.6 is 0 Å². The highest BCUT2D eigenvalue weighted by molar-refractivity contribution is 5.67. The lowest BCUT2D eigenvalue weighted by Gasteiger charge is -2.04. The van der Waals surface area contributed by atoms with E-state index in [2.05, 4.69) is 5.10 Å². The van der Waals surface area contributed by atoms with Crippen LogP contribution in [0.4, 0.5) is 5.82 Å². The minimum Gasteiger partial charge on any atom is -0.506 e. The average Bonchev–Trinajstić information content (AvgIpc) is 2.63. The van der Waals surface area contributed by atoms with E-state index in [0.717, 1.165) is 5.56 Å². The summed E-state index contributed by atoms with van der Waals surface area (Å²) < 4.78 is 1.56. The molecule has 0 bridgehead atoms. The van der Waals surface area contributed by atoms with Crippen LogP contribution in [0.3, 0.4) is 0 Å². The first kappa shape index (κ1) is 11.0. The Morgan fingerprint density at radius 3 is 2.65 bits per heavy atom. The van der Waals surface area contributed by atoms with Crippen molar-refractivity contribution in [1.82, 2.24) is 9.78 Å². The maximum atomic E-state index is 9.66. The zero-order valence-corrected chi connectivity index (χ0v) is 9.60. The molecule has 0 radical (unpaired) electrons. The van der Waals surface area contributed by atoms with Crippen LogP contribution in [-0.4, -0.2) is 14.9 Å². The summed E-state index contributed by atoms with van der Waals surface area (Å²) in [5.74, 6) is 0.560. The van der Waals surface area contributed by atoms with Gasteiger partial charge in [-0.25, -0.2) is 0 Å². The smallest absolute Gasteiger partial charge is 0.136 e. The number of nitriles is 1. The standard InChI is InChI=1S/C12H12N4O/c1-7-3-8(4-9(6-13)12(7)17)10-5-11(14)16(2)15-10/h3-5,17H,14H2,1-2H3. The van der Waals surface area contributed by atoms with Crippen molar-refractivity contribution in [3.8, 4) is 23.1 Å². The molecule has 0 atom stereocenters. The number of benzene rings is 1. The Balaban J connectivity index is 2.61. The third-order valence-electron chi connectivity index (χ3n) is 2.63. The second kappa shape index (κ2) is 3.83. The van der Waals surface area contributed by atoms with Crippen LogP contribution in [0.1, 0.15) is 11.1 Å². The Hall–Kier alpha value is -2.48. The second-order valence-electron chi connectivity index (χ2n) is 3.88. The van der Waals surface area contributed by atoms with Crippen molar-refractivity contribution in [1.29, 1.82) is 5.26 Å². The quantitative estimate of drug-likeness (QED) is 0.775. The van der Waals surface area contributed by atoms with E-state index < -0.39 is 0 Å². The minimum atomic E-state index is 0.0140. The molecule has 1 aromatic carbocycles. The van der Waals surface area contributed by atoms with Crippen LogP contribution in [0.15, 0.2) is 18.2 Å². The second-order valence-corrected chi connectivity index (χ2v) is 3.88. The molecule has 5 heteroatoms. The van der Waals surface area contributed by atoms with E-state index in [1.807, 2.05) is 6.07 Å². The van der Waals surface area contributed by atoms with Gasteiger partial charge in [0.1, 0.15) is 17.6 Å². The first-order valence-corrected chi connectivity index (χ1v) is 5.06. The molecule has 0 aliphatic rings. The van der Waals surface area contributed by atoms with Gasteiger partial charge in [0.2, 0.25) is 0 Å². The van der Waals surface area contributed by atoms with E-state index in [1.54, 1.807) is 36.9 Å². The molecule has 86 valence electrons. The zero-order chi connectivity index (χ0) is 12.6. The Morgan fingerprint density at radius 1 is 1.41 bits per heavy atom. The Kier molecular flexibility index (Phi) is 2.48. The van der Waals surface area contributed by atoms with Gasteiger partial charge in [0.05, 0.1) is 11.3 Å². The van der Waals surface area contributed by atoms with Gasteiger partial charge in [-0.1, -0.05) is 0 Å². The van der Waals surface area contributed by atoms with Crippen molar-refractivity contribution in [2.75, 3.05) is 5.73 Å². The summed E-state index contributed by atoms with van der Waals surface area (Å²) in [5, 5.41) is 22.8. The number of nitrogen functional groups attached to an aromatic ring is 1. The van der Waals surface area contributed by atoms with Gasteiger partial charge in [0.15, 0.2) is 0 Å². The number of rotatable bonds is 1. The van der Waals surface area contributed by atoms with Crippen LogP contribution in [-0.2, 0) is 7.05 Å². The van der Waals surface area contributed by atoms with Crippen molar-refractivity contribution in [2.24, 2.45) is 7.05 Å². The molecular formula is C12H12N4O. The molecule has 0 fully saturated rings. The first-order valence-electron chi connectivity index (χ1n) is 5.06. The van der Waals surface area contributed by atoms with Gasteiger partial charge >= 0.3 is 0 Å². The predicted molar refractivity (Wildman–Crippen MR) is 64.2 cm³/mol. The first-order chi connectivity index (χ1) is 8.02. The van der Waals surface area contributed by atoms with E-state index in [1.165, 1.54) is 0 Å². The molecule has 2 rings (SSSR count). The average molecular weight is 228 g/mol. The number of aromatic hydroxyl groups is 1. The summed E-state index contributed by atoms with van der Waals surface area (Å²) in [6.45, 7) is 1.74. The van der Waals surface area contributed by atoms with Crippen LogP contribution < -0.4 is 5.73 Å². The largest absolute Gasteiger partial charge is 0.506 e. The fourth-order valence-electron chi connectivity index (χ4n) is 1.64. The van der Waals surface area contributed by atoms with E-state index in [0.29, 0.717) is 17.1 Å². The summed E-state index contributed by atoms with van der Waals surface area (Å²) in [4.78, 5) is 0. The molecule has 0 unspecified atom stereocenters. The number of anilines is 1. The van der Waals surface area contributed by atoms with Crippen molar-refractivity contribution in [3.63, 3.8) is 0 Å². The minimum absolute atomic E-state index is 0.0140. The van der Waals surface area contributed by atoms with E-state index in [9.17, 15) is 5.11 Å². The van der Waals surface area contributed by atoms with Gasteiger partial charge in [-0.2, -0.15) is 10.4 Å². The van der Waals surface area contributed by atoms with E-state index in [4.69, 9.17) is 11.0 Å². The van der Waals surface area contributed by atoms with Crippen LogP contribution in [0, 0.1) is 18.3 Å². The van der Waals surface area contributed by atoms with Gasteiger partial charge < -0.3 is 10.8 Å². The molecule has 0 amide bonds. The number of nitrogens with two attached hydrogens (primary N) is 1. The molecule has 2 aromatic rings. The van der Waals surface area contributed by atoms with Gasteiger partial charge in [-0.15, -0.1) is 0 Å². The Morgan fingerprint density at radius 2 is 2.12 bits per heavy atom. The van der Waals surface area contributed by atoms with Gasteiger partial charge in [0, 0.05) is 18.7 Å². The number of nitrogens with zero attached hydrogens (tertiary/aromatic N) is 3. The zero-order valence-electron chi connectivity index (χ0n) is 9.60. The van der Waals surface area contributed by atoms with Gasteiger partial charge in [0.25, 0.3) is 0 Å². The summed E-state index contributed by atoms with van der Waals surface area (Å²) >= 11 is 0. The summed E-state index contributed by atoms with van der Waals surface area (Å²) in [7, 11) is 1.75. The number of phenols is 1. The van der Waals surface area contributed by atoms with Crippen LogP contribution in [0.5, 0.6) is 5.75 Å². The number of hydrogen-bond acceptors (Lipinski definition) is 4. The van der Waals surface area contributed by atoms with Crippen LogP contribution in [0.2, 0.25) is 0 Å².